The molecule has 0 atom stereocenters. The summed E-state index contributed by atoms with van der Waals surface area (Å²) in [5.74, 6) is -0.0782. The SMILES string of the molecule is COc1ccccc1OCCN(C)C(=O)c1cc(C)cc(C(=O)O)c1. The number of methoxy groups -OCH3 is 1. The molecule has 2 rings (SSSR count). The van der Waals surface area contributed by atoms with Crippen LogP contribution in [0.4, 0.5) is 0 Å². The number of para-hydroxylation sites is 2. The molecular formula is C19H21NO5. The number of nitrogens with zero attached hydrogens (tertiary/aromatic N) is 1. The van der Waals surface area contributed by atoms with Crippen LogP contribution in [0.15, 0.2) is 42.5 Å². The first-order chi connectivity index (χ1) is 11.9. The topological polar surface area (TPSA) is 76.1 Å². The zero-order valence-corrected chi connectivity index (χ0v) is 14.5. The number of carbonyl (C=O) groups is 2. The van der Waals surface area contributed by atoms with Gasteiger partial charge >= 0.3 is 5.97 Å². The van der Waals surface area contributed by atoms with Crippen molar-refractivity contribution in [2.24, 2.45) is 0 Å². The standard InChI is InChI=1S/C19H21NO5/c1-13-10-14(12-15(11-13)19(22)23)18(21)20(2)8-9-25-17-7-5-4-6-16(17)24-3/h4-7,10-12H,8-9H2,1-3H3,(H,22,23). The molecule has 0 aromatic heterocycles. The number of likely N-dealkylation sites (N-methyl/N-ethyl adjacent to an activating group) is 1. The minimum absolute atomic E-state index is 0.0991. The molecule has 0 aliphatic carbocycles. The van der Waals surface area contributed by atoms with Gasteiger partial charge in [-0.05, 0) is 42.8 Å². The molecule has 6 nitrogen and oxygen atoms in total. The second-order valence-electron chi connectivity index (χ2n) is 5.62. The quantitative estimate of drug-likeness (QED) is 0.836. The molecule has 0 saturated heterocycles. The summed E-state index contributed by atoms with van der Waals surface area (Å²) in [6.07, 6.45) is 0. The summed E-state index contributed by atoms with van der Waals surface area (Å²) in [6.45, 7) is 2.40. The normalized spacial score (nSPS) is 10.2. The zero-order valence-electron chi connectivity index (χ0n) is 14.5. The average molecular weight is 343 g/mol. The Labute approximate surface area is 146 Å². The first-order valence-electron chi connectivity index (χ1n) is 7.78. The van der Waals surface area contributed by atoms with Crippen molar-refractivity contribution in [1.29, 1.82) is 0 Å². The van der Waals surface area contributed by atoms with Gasteiger partial charge in [-0.15, -0.1) is 0 Å². The summed E-state index contributed by atoms with van der Waals surface area (Å²) in [7, 11) is 3.21. The van der Waals surface area contributed by atoms with Crippen molar-refractivity contribution in [3.8, 4) is 11.5 Å². The van der Waals surface area contributed by atoms with E-state index in [1.807, 2.05) is 12.1 Å². The van der Waals surface area contributed by atoms with Gasteiger partial charge in [0, 0.05) is 12.6 Å². The van der Waals surface area contributed by atoms with Crippen LogP contribution >= 0.6 is 0 Å². The van der Waals surface area contributed by atoms with Crippen molar-refractivity contribution in [1.82, 2.24) is 4.90 Å². The summed E-state index contributed by atoms with van der Waals surface area (Å²) in [4.78, 5) is 25.1. The van der Waals surface area contributed by atoms with E-state index in [4.69, 9.17) is 14.6 Å². The maximum absolute atomic E-state index is 12.5. The van der Waals surface area contributed by atoms with E-state index < -0.39 is 5.97 Å². The van der Waals surface area contributed by atoms with Crippen LogP contribution in [-0.4, -0.2) is 49.2 Å². The van der Waals surface area contributed by atoms with Gasteiger partial charge in [0.25, 0.3) is 5.91 Å². The third-order valence-electron chi connectivity index (χ3n) is 3.67. The molecule has 0 bridgehead atoms. The lowest BCUT2D eigenvalue weighted by molar-refractivity contribution is 0.0696. The van der Waals surface area contributed by atoms with Crippen molar-refractivity contribution >= 4 is 11.9 Å². The Bertz CT molecular complexity index is 772. The maximum Gasteiger partial charge on any atom is 0.335 e. The Morgan fingerprint density at radius 2 is 1.72 bits per heavy atom. The third-order valence-corrected chi connectivity index (χ3v) is 3.67. The Hall–Kier alpha value is -3.02. The van der Waals surface area contributed by atoms with Crippen LogP contribution < -0.4 is 9.47 Å². The van der Waals surface area contributed by atoms with Crippen LogP contribution in [0.25, 0.3) is 0 Å². The van der Waals surface area contributed by atoms with E-state index in [1.54, 1.807) is 39.3 Å². The highest BCUT2D eigenvalue weighted by molar-refractivity contribution is 5.97. The Kier molecular flexibility index (Phi) is 6.00. The number of carboxylic acids is 1. The number of carbonyl (C=O) groups excluding carboxylic acids is 1. The number of aromatic carboxylic acids is 1. The van der Waals surface area contributed by atoms with Crippen LogP contribution in [-0.2, 0) is 0 Å². The maximum atomic E-state index is 12.5. The molecule has 25 heavy (non-hydrogen) atoms. The predicted octanol–water partition coefficient (Wildman–Crippen LogP) is 2.85. The number of carboxylic acid groups (broad SMARTS) is 1. The lowest BCUT2D eigenvalue weighted by Gasteiger charge is -2.18. The molecule has 0 aliphatic heterocycles. The van der Waals surface area contributed by atoms with E-state index in [1.165, 1.54) is 17.0 Å². The molecule has 2 aromatic carbocycles. The highest BCUT2D eigenvalue weighted by Gasteiger charge is 2.15. The van der Waals surface area contributed by atoms with E-state index in [-0.39, 0.29) is 11.5 Å². The van der Waals surface area contributed by atoms with E-state index in [2.05, 4.69) is 0 Å². The van der Waals surface area contributed by atoms with Crippen molar-refractivity contribution in [2.75, 3.05) is 27.3 Å². The lowest BCUT2D eigenvalue weighted by Crippen LogP contribution is -2.31. The van der Waals surface area contributed by atoms with Gasteiger partial charge in [-0.2, -0.15) is 0 Å². The van der Waals surface area contributed by atoms with Crippen molar-refractivity contribution in [2.45, 2.75) is 6.92 Å². The summed E-state index contributed by atoms with van der Waals surface area (Å²) in [5.41, 5.74) is 1.17. The van der Waals surface area contributed by atoms with Gasteiger partial charge in [0.1, 0.15) is 6.61 Å². The fourth-order valence-electron chi connectivity index (χ4n) is 2.38. The molecule has 1 amide bonds. The highest BCUT2D eigenvalue weighted by atomic mass is 16.5. The number of hydrogen-bond acceptors (Lipinski definition) is 4. The molecule has 0 fully saturated rings. The van der Waals surface area contributed by atoms with E-state index in [0.29, 0.717) is 30.2 Å². The molecule has 132 valence electrons. The largest absolute Gasteiger partial charge is 0.493 e. The second-order valence-corrected chi connectivity index (χ2v) is 5.62. The zero-order chi connectivity index (χ0) is 18.4. The minimum atomic E-state index is -1.06. The minimum Gasteiger partial charge on any atom is -0.493 e. The first kappa shape index (κ1) is 18.3. The number of aryl methyl sites for hydroxylation is 1. The van der Waals surface area contributed by atoms with Gasteiger partial charge < -0.3 is 19.5 Å². The molecular weight excluding hydrogens is 322 g/mol. The highest BCUT2D eigenvalue weighted by Crippen LogP contribution is 2.25. The summed E-state index contributed by atoms with van der Waals surface area (Å²) < 4.78 is 10.9. The number of ether oxygens (including phenoxy) is 2. The van der Waals surface area contributed by atoms with Gasteiger partial charge in [-0.25, -0.2) is 4.79 Å². The van der Waals surface area contributed by atoms with E-state index in [9.17, 15) is 9.59 Å². The van der Waals surface area contributed by atoms with Gasteiger partial charge in [0.2, 0.25) is 0 Å². The monoisotopic (exact) mass is 343 g/mol. The van der Waals surface area contributed by atoms with Crippen molar-refractivity contribution < 1.29 is 24.2 Å². The van der Waals surface area contributed by atoms with Gasteiger partial charge in [-0.1, -0.05) is 12.1 Å². The fourth-order valence-corrected chi connectivity index (χ4v) is 2.38. The average Bonchev–Trinajstić information content (AvgIpc) is 2.60. The van der Waals surface area contributed by atoms with Crippen LogP contribution in [0, 0.1) is 6.92 Å². The molecule has 0 unspecified atom stereocenters. The number of hydrogen-bond donors (Lipinski definition) is 1. The molecule has 6 heteroatoms. The Morgan fingerprint density at radius 1 is 1.08 bits per heavy atom. The number of benzene rings is 2. The summed E-state index contributed by atoms with van der Waals surface area (Å²) >= 11 is 0. The molecule has 0 aliphatic rings. The van der Waals surface area contributed by atoms with Crippen LogP contribution in [0.5, 0.6) is 11.5 Å². The van der Waals surface area contributed by atoms with E-state index in [0.717, 1.165) is 5.56 Å². The van der Waals surface area contributed by atoms with Crippen molar-refractivity contribution in [3.05, 3.63) is 59.2 Å². The van der Waals surface area contributed by atoms with Crippen LogP contribution in [0.1, 0.15) is 26.3 Å². The Balaban J connectivity index is 2.00. The molecule has 0 heterocycles. The predicted molar refractivity (Wildman–Crippen MR) is 93.6 cm³/mol. The van der Waals surface area contributed by atoms with Gasteiger partial charge in [0.05, 0.1) is 19.2 Å². The smallest absolute Gasteiger partial charge is 0.335 e. The second kappa shape index (κ2) is 8.19. The fraction of sp³-hybridized carbons (Fsp3) is 0.263. The van der Waals surface area contributed by atoms with Crippen LogP contribution in [0.2, 0.25) is 0 Å². The third kappa shape index (κ3) is 4.73. The molecule has 2 aromatic rings. The molecule has 1 N–H and O–H groups in total. The van der Waals surface area contributed by atoms with Crippen LogP contribution in [0.3, 0.4) is 0 Å². The Morgan fingerprint density at radius 3 is 2.36 bits per heavy atom. The summed E-state index contributed by atoms with van der Waals surface area (Å²) in [5, 5.41) is 9.11. The lowest BCUT2D eigenvalue weighted by atomic mass is 10.1. The summed E-state index contributed by atoms with van der Waals surface area (Å²) in [6, 6.07) is 11.9. The van der Waals surface area contributed by atoms with Gasteiger partial charge in [0.15, 0.2) is 11.5 Å². The van der Waals surface area contributed by atoms with Crippen molar-refractivity contribution in [3.63, 3.8) is 0 Å². The molecule has 0 radical (unpaired) electrons. The molecule has 0 spiro atoms. The number of amides is 1. The number of rotatable bonds is 7. The first-order valence-corrected chi connectivity index (χ1v) is 7.78. The van der Waals surface area contributed by atoms with E-state index >= 15 is 0 Å². The van der Waals surface area contributed by atoms with Gasteiger partial charge in [-0.3, -0.25) is 4.79 Å². The molecule has 0 saturated carbocycles.